The van der Waals surface area contributed by atoms with E-state index in [0.29, 0.717) is 18.2 Å². The molecule has 0 bridgehead atoms. The van der Waals surface area contributed by atoms with Crippen LogP contribution < -0.4 is 10.9 Å². The van der Waals surface area contributed by atoms with Crippen molar-refractivity contribution in [1.82, 2.24) is 9.55 Å². The van der Waals surface area contributed by atoms with Crippen molar-refractivity contribution in [2.45, 2.75) is 32.7 Å². The maximum absolute atomic E-state index is 12.2. The molecule has 1 aromatic carbocycles. The van der Waals surface area contributed by atoms with Gasteiger partial charge in [0.05, 0.1) is 0 Å². The van der Waals surface area contributed by atoms with E-state index in [2.05, 4.69) is 16.4 Å². The monoisotopic (exact) mass is 305 g/mol. The van der Waals surface area contributed by atoms with Crippen LogP contribution in [0.2, 0.25) is 0 Å². The fourth-order valence-corrected chi connectivity index (χ4v) is 2.30. The number of aryl methyl sites for hydroxylation is 2. The molecule has 0 fully saturated rings. The third-order valence-corrected chi connectivity index (χ3v) is 3.43. The van der Waals surface area contributed by atoms with E-state index in [0.717, 1.165) is 24.9 Å². The molecule has 1 heterocycles. The van der Waals surface area contributed by atoms with Crippen LogP contribution in [0.5, 0.6) is 0 Å². The Balaban J connectivity index is 2.18. The van der Waals surface area contributed by atoms with Crippen molar-refractivity contribution in [3.8, 4) is 0 Å². The van der Waals surface area contributed by atoms with Gasteiger partial charge in [0.15, 0.2) is 5.82 Å². The number of nitrogens with zero attached hydrogens (tertiary/aromatic N) is 2. The quantitative estimate of drug-likeness (QED) is 0.796. The lowest BCUT2D eigenvalue weighted by molar-refractivity contribution is 0.650. The van der Waals surface area contributed by atoms with Crippen molar-refractivity contribution in [3.63, 3.8) is 0 Å². The van der Waals surface area contributed by atoms with Gasteiger partial charge in [-0.3, -0.25) is 4.79 Å². The molecule has 2 rings (SSSR count). The highest BCUT2D eigenvalue weighted by molar-refractivity contribution is 6.17. The lowest BCUT2D eigenvalue weighted by Gasteiger charge is -2.09. The molecule has 0 saturated carbocycles. The highest BCUT2D eigenvalue weighted by Crippen LogP contribution is 2.15. The Morgan fingerprint density at radius 2 is 2.24 bits per heavy atom. The second kappa shape index (κ2) is 7.84. The van der Waals surface area contributed by atoms with Gasteiger partial charge < -0.3 is 9.88 Å². The molecule has 0 aliphatic rings. The van der Waals surface area contributed by atoms with Crippen molar-refractivity contribution >= 4 is 23.1 Å². The van der Waals surface area contributed by atoms with Crippen LogP contribution in [-0.2, 0) is 13.0 Å². The van der Waals surface area contributed by atoms with Crippen LogP contribution in [-0.4, -0.2) is 15.4 Å². The zero-order chi connectivity index (χ0) is 15.1. The Kier molecular flexibility index (Phi) is 5.81. The second-order valence-electron chi connectivity index (χ2n) is 4.89. The highest BCUT2D eigenvalue weighted by atomic mass is 35.5. The number of benzene rings is 1. The number of anilines is 2. The summed E-state index contributed by atoms with van der Waals surface area (Å²) in [6.45, 7) is 2.74. The summed E-state index contributed by atoms with van der Waals surface area (Å²) < 4.78 is 1.67. The Bertz CT molecular complexity index is 639. The first-order valence-corrected chi connectivity index (χ1v) is 7.75. The molecular weight excluding hydrogens is 286 g/mol. The molecule has 0 radical (unpaired) electrons. The number of rotatable bonds is 7. The fourth-order valence-electron chi connectivity index (χ4n) is 2.16. The van der Waals surface area contributed by atoms with Crippen LogP contribution in [0, 0.1) is 0 Å². The van der Waals surface area contributed by atoms with Gasteiger partial charge >= 0.3 is 0 Å². The lowest BCUT2D eigenvalue weighted by Crippen LogP contribution is -2.23. The van der Waals surface area contributed by atoms with Crippen molar-refractivity contribution in [1.29, 1.82) is 0 Å². The number of hydrogen-bond acceptors (Lipinski definition) is 3. The Hall–Kier alpha value is -1.81. The van der Waals surface area contributed by atoms with E-state index in [1.54, 1.807) is 17.0 Å². The summed E-state index contributed by atoms with van der Waals surface area (Å²) in [5.74, 6) is 1.01. The van der Waals surface area contributed by atoms with Gasteiger partial charge in [0.1, 0.15) is 0 Å². The summed E-state index contributed by atoms with van der Waals surface area (Å²) in [6, 6.07) is 8.00. The molecular formula is C16H20ClN3O. The summed E-state index contributed by atoms with van der Waals surface area (Å²) in [5, 5.41) is 3.11. The smallest absolute Gasteiger partial charge is 0.293 e. The van der Waals surface area contributed by atoms with Gasteiger partial charge in [-0.1, -0.05) is 19.1 Å². The molecule has 0 atom stereocenters. The van der Waals surface area contributed by atoms with Gasteiger partial charge in [-0.2, -0.15) is 0 Å². The van der Waals surface area contributed by atoms with E-state index < -0.39 is 0 Å². The van der Waals surface area contributed by atoms with E-state index in [4.69, 9.17) is 11.6 Å². The Morgan fingerprint density at radius 3 is 3.00 bits per heavy atom. The SMILES string of the molecule is CCCn1ccnc(Nc2cccc(CCCCl)c2)c1=O. The van der Waals surface area contributed by atoms with Gasteiger partial charge in [-0.25, -0.2) is 4.98 Å². The van der Waals surface area contributed by atoms with Crippen molar-refractivity contribution in [3.05, 3.63) is 52.6 Å². The maximum Gasteiger partial charge on any atom is 0.293 e. The predicted octanol–water partition coefficient (Wildman–Crippen LogP) is 3.57. The average Bonchev–Trinajstić information content (AvgIpc) is 2.50. The summed E-state index contributed by atoms with van der Waals surface area (Å²) in [7, 11) is 0. The zero-order valence-corrected chi connectivity index (χ0v) is 12.9. The van der Waals surface area contributed by atoms with E-state index in [1.807, 2.05) is 25.1 Å². The molecule has 112 valence electrons. The summed E-state index contributed by atoms with van der Waals surface area (Å²) in [4.78, 5) is 16.4. The molecule has 1 aromatic heterocycles. The zero-order valence-electron chi connectivity index (χ0n) is 12.2. The second-order valence-corrected chi connectivity index (χ2v) is 5.27. The number of hydrogen-bond donors (Lipinski definition) is 1. The number of alkyl halides is 1. The van der Waals surface area contributed by atoms with Crippen LogP contribution in [0.1, 0.15) is 25.3 Å². The maximum atomic E-state index is 12.2. The van der Waals surface area contributed by atoms with Crippen molar-refractivity contribution in [2.24, 2.45) is 0 Å². The topological polar surface area (TPSA) is 46.9 Å². The third kappa shape index (κ3) is 4.33. The fraction of sp³-hybridized carbons (Fsp3) is 0.375. The molecule has 0 aliphatic heterocycles. The van der Waals surface area contributed by atoms with Crippen LogP contribution in [0.3, 0.4) is 0 Å². The first kappa shape index (κ1) is 15.6. The number of nitrogens with one attached hydrogen (secondary N) is 1. The van der Waals surface area contributed by atoms with E-state index in [9.17, 15) is 4.79 Å². The van der Waals surface area contributed by atoms with Gasteiger partial charge in [-0.15, -0.1) is 11.6 Å². The summed E-state index contributed by atoms with van der Waals surface area (Å²) in [6.07, 6.45) is 6.15. The minimum atomic E-state index is -0.0921. The van der Waals surface area contributed by atoms with Gasteiger partial charge in [0.25, 0.3) is 5.56 Å². The van der Waals surface area contributed by atoms with Crippen LogP contribution in [0.4, 0.5) is 11.5 Å². The number of halogens is 1. The molecule has 0 aliphatic carbocycles. The molecule has 1 N–H and O–H groups in total. The molecule has 0 unspecified atom stereocenters. The molecule has 0 amide bonds. The van der Waals surface area contributed by atoms with Gasteiger partial charge in [0, 0.05) is 30.5 Å². The molecule has 0 spiro atoms. The summed E-state index contributed by atoms with van der Waals surface area (Å²) >= 11 is 5.72. The highest BCUT2D eigenvalue weighted by Gasteiger charge is 2.05. The van der Waals surface area contributed by atoms with Crippen LogP contribution in [0.15, 0.2) is 41.5 Å². The standard InChI is InChI=1S/C16H20ClN3O/c1-2-10-20-11-9-18-15(16(20)21)19-14-7-3-5-13(12-14)6-4-8-17/h3,5,7,9,11-12H,2,4,6,8,10H2,1H3,(H,18,19). The average molecular weight is 306 g/mol. The Morgan fingerprint density at radius 1 is 1.38 bits per heavy atom. The predicted molar refractivity (Wildman–Crippen MR) is 87.6 cm³/mol. The largest absolute Gasteiger partial charge is 0.336 e. The molecule has 21 heavy (non-hydrogen) atoms. The molecule has 4 nitrogen and oxygen atoms in total. The van der Waals surface area contributed by atoms with E-state index >= 15 is 0 Å². The Labute approximate surface area is 129 Å². The van der Waals surface area contributed by atoms with Gasteiger partial charge in [0.2, 0.25) is 0 Å². The first-order valence-electron chi connectivity index (χ1n) is 7.22. The number of aromatic nitrogens is 2. The normalized spacial score (nSPS) is 10.6. The van der Waals surface area contributed by atoms with Crippen molar-refractivity contribution in [2.75, 3.05) is 11.2 Å². The summed E-state index contributed by atoms with van der Waals surface area (Å²) in [5.41, 5.74) is 1.98. The molecule has 2 aromatic rings. The molecule has 5 heteroatoms. The van der Waals surface area contributed by atoms with Gasteiger partial charge in [-0.05, 0) is 37.0 Å². The van der Waals surface area contributed by atoms with E-state index in [-0.39, 0.29) is 5.56 Å². The minimum absolute atomic E-state index is 0.0921. The first-order chi connectivity index (χ1) is 10.2. The van der Waals surface area contributed by atoms with Crippen molar-refractivity contribution < 1.29 is 0 Å². The third-order valence-electron chi connectivity index (χ3n) is 3.17. The van der Waals surface area contributed by atoms with Crippen LogP contribution in [0.25, 0.3) is 0 Å². The molecule has 0 saturated heterocycles. The lowest BCUT2D eigenvalue weighted by atomic mass is 10.1. The van der Waals surface area contributed by atoms with E-state index in [1.165, 1.54) is 5.56 Å². The van der Waals surface area contributed by atoms with Crippen LogP contribution >= 0.6 is 11.6 Å². The minimum Gasteiger partial charge on any atom is -0.336 e.